The molecule has 0 spiro atoms. The molecule has 1 aliphatic heterocycles. The van der Waals surface area contributed by atoms with Gasteiger partial charge < -0.3 is 34.6 Å². The molecule has 1 fully saturated rings. The van der Waals surface area contributed by atoms with Gasteiger partial charge in [0.2, 0.25) is 0 Å². The van der Waals surface area contributed by atoms with Crippen molar-refractivity contribution < 1.29 is 34.6 Å². The van der Waals surface area contributed by atoms with E-state index in [0.29, 0.717) is 11.3 Å². The molecule has 2 aromatic rings. The van der Waals surface area contributed by atoms with Crippen LogP contribution < -0.4 is 4.74 Å². The van der Waals surface area contributed by atoms with E-state index in [-0.39, 0.29) is 13.0 Å². The third kappa shape index (κ3) is 4.52. The van der Waals surface area contributed by atoms with Crippen molar-refractivity contribution in [1.82, 2.24) is 0 Å². The Morgan fingerprint density at radius 3 is 2.29 bits per heavy atom. The number of methoxy groups -OCH3 is 1. The van der Waals surface area contributed by atoms with Crippen LogP contribution in [-0.4, -0.2) is 64.3 Å². The molecule has 7 nitrogen and oxygen atoms in total. The third-order valence-electron chi connectivity index (χ3n) is 4.93. The summed E-state index contributed by atoms with van der Waals surface area (Å²) in [4.78, 5) is 0. The first kappa shape index (κ1) is 20.7. The average molecular weight is 390 g/mol. The van der Waals surface area contributed by atoms with Crippen LogP contribution in [0.15, 0.2) is 54.6 Å². The van der Waals surface area contributed by atoms with E-state index in [9.17, 15) is 20.4 Å². The molecule has 1 heterocycles. The van der Waals surface area contributed by atoms with Crippen molar-refractivity contribution >= 4 is 0 Å². The molecule has 0 bridgehead atoms. The maximum atomic E-state index is 11.0. The Bertz CT molecular complexity index is 736. The Balaban J connectivity index is 1.77. The molecule has 28 heavy (non-hydrogen) atoms. The van der Waals surface area contributed by atoms with E-state index in [2.05, 4.69) is 0 Å². The van der Waals surface area contributed by atoms with Gasteiger partial charge in [-0.1, -0.05) is 42.5 Å². The zero-order valence-corrected chi connectivity index (χ0v) is 15.6. The molecule has 0 amide bonds. The van der Waals surface area contributed by atoms with Gasteiger partial charge >= 0.3 is 0 Å². The van der Waals surface area contributed by atoms with Crippen LogP contribution in [0.1, 0.15) is 11.1 Å². The van der Waals surface area contributed by atoms with E-state index >= 15 is 0 Å². The Hall–Kier alpha value is -2.00. The lowest BCUT2D eigenvalue weighted by molar-refractivity contribution is -0.354. The van der Waals surface area contributed by atoms with Gasteiger partial charge in [-0.15, -0.1) is 0 Å². The largest absolute Gasteiger partial charge is 0.497 e. The highest BCUT2D eigenvalue weighted by molar-refractivity contribution is 5.28. The standard InChI is InChI=1S/C21H26O7/c1-26-16-9-7-14(8-10-16)11-21(25)20(24)19(18(23)17(12-22)28-21)27-13-15-5-3-2-4-6-15/h2-10,17-20,22-25H,11-13H2,1H3/t17-,18-,19+,20-,21?/m1/s1. The summed E-state index contributed by atoms with van der Waals surface area (Å²) < 4.78 is 16.3. The highest BCUT2D eigenvalue weighted by atomic mass is 16.7. The quantitative estimate of drug-likeness (QED) is 0.549. The number of hydrogen-bond acceptors (Lipinski definition) is 7. The summed E-state index contributed by atoms with van der Waals surface area (Å²) in [5.41, 5.74) is 1.55. The highest BCUT2D eigenvalue weighted by Gasteiger charge is 2.53. The van der Waals surface area contributed by atoms with Gasteiger partial charge in [-0.2, -0.15) is 0 Å². The van der Waals surface area contributed by atoms with Gasteiger partial charge in [0, 0.05) is 6.42 Å². The molecule has 1 unspecified atom stereocenters. The Kier molecular flexibility index (Phi) is 6.66. The molecule has 2 aromatic carbocycles. The van der Waals surface area contributed by atoms with Crippen LogP contribution in [-0.2, 0) is 22.5 Å². The molecule has 7 heteroatoms. The van der Waals surface area contributed by atoms with E-state index < -0.39 is 36.8 Å². The van der Waals surface area contributed by atoms with Gasteiger partial charge in [0.05, 0.1) is 20.3 Å². The van der Waals surface area contributed by atoms with E-state index in [0.717, 1.165) is 5.56 Å². The summed E-state index contributed by atoms with van der Waals surface area (Å²) in [6.07, 6.45) is -5.08. The van der Waals surface area contributed by atoms with E-state index in [1.807, 2.05) is 30.3 Å². The van der Waals surface area contributed by atoms with Gasteiger partial charge in [0.1, 0.15) is 30.2 Å². The average Bonchev–Trinajstić information content (AvgIpc) is 2.72. The normalized spacial score (nSPS) is 30.2. The third-order valence-corrected chi connectivity index (χ3v) is 4.93. The Labute approximate surface area is 163 Å². The van der Waals surface area contributed by atoms with Crippen LogP contribution in [0.3, 0.4) is 0 Å². The summed E-state index contributed by atoms with van der Waals surface area (Å²) in [5, 5.41) is 41.8. The first-order valence-electron chi connectivity index (χ1n) is 9.12. The molecule has 5 atom stereocenters. The SMILES string of the molecule is COc1ccc(CC2(O)O[C@H](CO)[C@@H](O)[C@H](OCc3ccccc3)[C@H]2O)cc1. The van der Waals surface area contributed by atoms with Crippen molar-refractivity contribution in [3.63, 3.8) is 0 Å². The first-order valence-corrected chi connectivity index (χ1v) is 9.12. The number of aliphatic hydroxyl groups is 4. The first-order chi connectivity index (χ1) is 13.5. The van der Waals surface area contributed by atoms with Gasteiger partial charge in [0.15, 0.2) is 5.79 Å². The lowest BCUT2D eigenvalue weighted by Crippen LogP contribution is -2.66. The smallest absolute Gasteiger partial charge is 0.199 e. The van der Waals surface area contributed by atoms with Gasteiger partial charge in [-0.3, -0.25) is 0 Å². The summed E-state index contributed by atoms with van der Waals surface area (Å²) in [6.45, 7) is -0.388. The van der Waals surface area contributed by atoms with Crippen LogP contribution >= 0.6 is 0 Å². The van der Waals surface area contributed by atoms with Crippen LogP contribution in [0, 0.1) is 0 Å². The molecule has 0 aromatic heterocycles. The van der Waals surface area contributed by atoms with Crippen molar-refractivity contribution in [3.05, 3.63) is 65.7 Å². The topological polar surface area (TPSA) is 109 Å². The van der Waals surface area contributed by atoms with Crippen LogP contribution in [0.4, 0.5) is 0 Å². The van der Waals surface area contributed by atoms with Crippen LogP contribution in [0.25, 0.3) is 0 Å². The number of aliphatic hydroxyl groups excluding tert-OH is 3. The lowest BCUT2D eigenvalue weighted by atomic mass is 9.88. The molecular weight excluding hydrogens is 364 g/mol. The van der Waals surface area contributed by atoms with Crippen molar-refractivity contribution in [2.75, 3.05) is 13.7 Å². The summed E-state index contributed by atoms with van der Waals surface area (Å²) in [5.74, 6) is -1.36. The van der Waals surface area contributed by atoms with Crippen molar-refractivity contribution in [1.29, 1.82) is 0 Å². The minimum Gasteiger partial charge on any atom is -0.497 e. The molecule has 1 saturated heterocycles. The molecule has 0 aliphatic carbocycles. The maximum Gasteiger partial charge on any atom is 0.199 e. The van der Waals surface area contributed by atoms with Gasteiger partial charge in [-0.25, -0.2) is 0 Å². The second-order valence-electron chi connectivity index (χ2n) is 6.91. The second-order valence-corrected chi connectivity index (χ2v) is 6.91. The zero-order valence-electron chi connectivity index (χ0n) is 15.6. The molecular formula is C21H26O7. The van der Waals surface area contributed by atoms with Crippen LogP contribution in [0.5, 0.6) is 5.75 Å². The Morgan fingerprint density at radius 1 is 1.00 bits per heavy atom. The van der Waals surface area contributed by atoms with E-state index in [1.165, 1.54) is 0 Å². The van der Waals surface area contributed by atoms with Gasteiger partial charge in [-0.05, 0) is 23.3 Å². The van der Waals surface area contributed by atoms with Crippen molar-refractivity contribution in [2.24, 2.45) is 0 Å². The molecule has 0 saturated carbocycles. The fraction of sp³-hybridized carbons (Fsp3) is 0.429. The molecule has 4 N–H and O–H groups in total. The predicted molar refractivity (Wildman–Crippen MR) is 101 cm³/mol. The summed E-state index contributed by atoms with van der Waals surface area (Å²) in [6, 6.07) is 16.2. The monoisotopic (exact) mass is 390 g/mol. The van der Waals surface area contributed by atoms with Crippen molar-refractivity contribution in [3.8, 4) is 5.75 Å². The number of benzene rings is 2. The zero-order chi connectivity index (χ0) is 20.1. The van der Waals surface area contributed by atoms with Gasteiger partial charge in [0.25, 0.3) is 0 Å². The minimum absolute atomic E-state index is 0.0490. The molecule has 3 rings (SSSR count). The van der Waals surface area contributed by atoms with E-state index in [1.54, 1.807) is 31.4 Å². The summed E-state index contributed by atoms with van der Waals surface area (Å²) >= 11 is 0. The molecule has 1 aliphatic rings. The fourth-order valence-corrected chi connectivity index (χ4v) is 3.34. The highest BCUT2D eigenvalue weighted by Crippen LogP contribution is 2.33. The lowest BCUT2D eigenvalue weighted by Gasteiger charge is -2.47. The number of hydrogen-bond donors (Lipinski definition) is 4. The molecule has 152 valence electrons. The predicted octanol–water partition coefficient (Wildman–Crippen LogP) is 0.625. The van der Waals surface area contributed by atoms with Crippen molar-refractivity contribution in [2.45, 2.75) is 43.2 Å². The second kappa shape index (κ2) is 9.00. The number of rotatable bonds is 7. The minimum atomic E-state index is -2.03. The maximum absolute atomic E-state index is 11.0. The Morgan fingerprint density at radius 2 is 1.68 bits per heavy atom. The molecule has 0 radical (unpaired) electrons. The van der Waals surface area contributed by atoms with Crippen LogP contribution in [0.2, 0.25) is 0 Å². The summed E-state index contributed by atoms with van der Waals surface area (Å²) in [7, 11) is 1.55. The number of ether oxygens (including phenoxy) is 3. The van der Waals surface area contributed by atoms with E-state index in [4.69, 9.17) is 14.2 Å². The fourth-order valence-electron chi connectivity index (χ4n) is 3.34.